The minimum Gasteiger partial charge on any atom is -0.380 e. The van der Waals surface area contributed by atoms with Gasteiger partial charge in [-0.15, -0.1) is 0 Å². The molecule has 1 aromatic carbocycles. The number of nitrogens with zero attached hydrogens (tertiary/aromatic N) is 2. The van der Waals surface area contributed by atoms with Gasteiger partial charge in [0.05, 0.1) is 0 Å². The Morgan fingerprint density at radius 1 is 1.30 bits per heavy atom. The lowest BCUT2D eigenvalue weighted by Gasteiger charge is -2.20. The summed E-state index contributed by atoms with van der Waals surface area (Å²) in [5.41, 5.74) is 4.32. The van der Waals surface area contributed by atoms with Gasteiger partial charge in [-0.1, -0.05) is 18.2 Å². The average molecular weight is 362 g/mol. The highest BCUT2D eigenvalue weighted by Crippen LogP contribution is 2.25. The molecule has 6 heteroatoms. The summed E-state index contributed by atoms with van der Waals surface area (Å²) in [5.74, 6) is 0.579. The Morgan fingerprint density at radius 2 is 2.15 bits per heavy atom. The van der Waals surface area contributed by atoms with Gasteiger partial charge in [0.1, 0.15) is 5.82 Å². The summed E-state index contributed by atoms with van der Waals surface area (Å²) in [6.45, 7) is 0.645. The van der Waals surface area contributed by atoms with Gasteiger partial charge < -0.3 is 15.5 Å². The van der Waals surface area contributed by atoms with Gasteiger partial charge in [0.25, 0.3) is 0 Å². The number of pyridine rings is 1. The molecular formula is C21H22N4O2. The highest BCUT2D eigenvalue weighted by molar-refractivity contribution is 5.93. The topological polar surface area (TPSA) is 74.3 Å². The van der Waals surface area contributed by atoms with Crippen LogP contribution >= 0.6 is 0 Å². The smallest absolute Gasteiger partial charge is 0.246 e. The van der Waals surface area contributed by atoms with E-state index in [0.29, 0.717) is 25.2 Å². The maximum Gasteiger partial charge on any atom is 0.246 e. The second-order valence-electron chi connectivity index (χ2n) is 7.08. The summed E-state index contributed by atoms with van der Waals surface area (Å²) >= 11 is 0. The van der Waals surface area contributed by atoms with Gasteiger partial charge in [0.15, 0.2) is 0 Å². The molecule has 0 fully saturated rings. The fourth-order valence-corrected chi connectivity index (χ4v) is 3.57. The number of aromatic nitrogens is 1. The second kappa shape index (κ2) is 7.23. The minimum atomic E-state index is -0.0428. The van der Waals surface area contributed by atoms with Crippen LogP contribution in [0.15, 0.2) is 42.6 Å². The van der Waals surface area contributed by atoms with E-state index < -0.39 is 0 Å². The Labute approximate surface area is 158 Å². The van der Waals surface area contributed by atoms with Gasteiger partial charge in [0, 0.05) is 44.0 Å². The lowest BCUT2D eigenvalue weighted by Crippen LogP contribution is -2.36. The Morgan fingerprint density at radius 3 is 3.00 bits per heavy atom. The molecule has 0 spiro atoms. The van der Waals surface area contributed by atoms with E-state index >= 15 is 0 Å². The van der Waals surface area contributed by atoms with Crippen LogP contribution in [0, 0.1) is 0 Å². The van der Waals surface area contributed by atoms with Crippen LogP contribution in [0.3, 0.4) is 0 Å². The summed E-state index contributed by atoms with van der Waals surface area (Å²) in [6.07, 6.45) is 7.10. The van der Waals surface area contributed by atoms with Crippen molar-refractivity contribution in [1.29, 1.82) is 0 Å². The van der Waals surface area contributed by atoms with E-state index in [0.717, 1.165) is 23.2 Å². The van der Waals surface area contributed by atoms with E-state index in [2.05, 4.69) is 27.8 Å². The molecule has 1 unspecified atom stereocenters. The molecule has 1 atom stereocenters. The number of carbonyl (C=O) groups excluding carboxylic acids is 2. The first-order valence-corrected chi connectivity index (χ1v) is 9.15. The second-order valence-corrected chi connectivity index (χ2v) is 7.08. The number of aryl methyl sites for hydroxylation is 1. The maximum atomic E-state index is 12.4. The Hall–Kier alpha value is -3.15. The van der Waals surface area contributed by atoms with Crippen molar-refractivity contribution in [3.63, 3.8) is 0 Å². The van der Waals surface area contributed by atoms with Crippen molar-refractivity contribution in [2.45, 2.75) is 25.3 Å². The van der Waals surface area contributed by atoms with Crippen molar-refractivity contribution >= 4 is 29.4 Å². The third-order valence-corrected chi connectivity index (χ3v) is 5.00. The number of anilines is 2. The van der Waals surface area contributed by atoms with Crippen LogP contribution in [0.2, 0.25) is 0 Å². The van der Waals surface area contributed by atoms with Gasteiger partial charge in [-0.05, 0) is 47.7 Å². The van der Waals surface area contributed by atoms with E-state index in [1.54, 1.807) is 23.2 Å². The number of nitrogens with one attached hydrogen (secondary N) is 2. The number of para-hydroxylation sites is 1. The summed E-state index contributed by atoms with van der Waals surface area (Å²) in [5, 5.41) is 6.23. The molecule has 0 bridgehead atoms. The highest BCUT2D eigenvalue weighted by atomic mass is 16.2. The first-order chi connectivity index (χ1) is 13.1. The van der Waals surface area contributed by atoms with Crippen LogP contribution in [0.1, 0.15) is 23.1 Å². The molecule has 0 aliphatic carbocycles. The van der Waals surface area contributed by atoms with Crippen LogP contribution in [-0.2, 0) is 22.4 Å². The SMILES string of the molecule is CN(CC1Cc2ccccc2N1)C(=O)/C=C/c1cnc2c(c1)CCC(=O)N2. The van der Waals surface area contributed by atoms with Crippen molar-refractivity contribution in [2.24, 2.45) is 0 Å². The quantitative estimate of drug-likeness (QED) is 0.820. The van der Waals surface area contributed by atoms with E-state index in [4.69, 9.17) is 0 Å². The largest absolute Gasteiger partial charge is 0.380 e. The number of rotatable bonds is 4. The maximum absolute atomic E-state index is 12.4. The molecule has 4 rings (SSSR count). The zero-order valence-electron chi connectivity index (χ0n) is 15.2. The summed E-state index contributed by atoms with van der Waals surface area (Å²) in [6, 6.07) is 10.5. The van der Waals surface area contributed by atoms with E-state index in [1.165, 1.54) is 5.56 Å². The summed E-state index contributed by atoms with van der Waals surface area (Å²) in [7, 11) is 1.82. The monoisotopic (exact) mass is 362 g/mol. The molecule has 0 radical (unpaired) electrons. The number of carbonyl (C=O) groups is 2. The van der Waals surface area contributed by atoms with Crippen LogP contribution in [-0.4, -0.2) is 41.3 Å². The molecule has 2 aliphatic rings. The van der Waals surface area contributed by atoms with Gasteiger partial charge in [-0.3, -0.25) is 9.59 Å². The molecule has 1 aromatic heterocycles. The number of hydrogen-bond donors (Lipinski definition) is 2. The molecule has 0 saturated carbocycles. The normalized spacial score (nSPS) is 17.8. The van der Waals surface area contributed by atoms with Crippen molar-refractivity contribution in [2.75, 3.05) is 24.2 Å². The van der Waals surface area contributed by atoms with Crippen molar-refractivity contribution in [1.82, 2.24) is 9.88 Å². The van der Waals surface area contributed by atoms with E-state index in [1.807, 2.05) is 25.2 Å². The van der Waals surface area contributed by atoms with Crippen LogP contribution < -0.4 is 10.6 Å². The average Bonchev–Trinajstić information content (AvgIpc) is 3.08. The molecule has 138 valence electrons. The van der Waals surface area contributed by atoms with Crippen LogP contribution in [0.25, 0.3) is 6.08 Å². The molecule has 2 amide bonds. The van der Waals surface area contributed by atoms with Gasteiger partial charge >= 0.3 is 0 Å². The number of hydrogen-bond acceptors (Lipinski definition) is 4. The van der Waals surface area contributed by atoms with Gasteiger partial charge in [-0.2, -0.15) is 0 Å². The first kappa shape index (κ1) is 17.3. The first-order valence-electron chi connectivity index (χ1n) is 9.15. The molecular weight excluding hydrogens is 340 g/mol. The molecule has 6 nitrogen and oxygen atoms in total. The molecule has 27 heavy (non-hydrogen) atoms. The molecule has 2 aliphatic heterocycles. The predicted molar refractivity (Wildman–Crippen MR) is 105 cm³/mol. The van der Waals surface area contributed by atoms with Crippen LogP contribution in [0.5, 0.6) is 0 Å². The van der Waals surface area contributed by atoms with Crippen molar-refractivity contribution in [3.8, 4) is 0 Å². The van der Waals surface area contributed by atoms with Gasteiger partial charge in [0.2, 0.25) is 11.8 Å². The number of fused-ring (bicyclic) bond motifs is 2. The summed E-state index contributed by atoms with van der Waals surface area (Å²) < 4.78 is 0. The molecule has 2 aromatic rings. The van der Waals surface area contributed by atoms with Crippen molar-refractivity contribution < 1.29 is 9.59 Å². The van der Waals surface area contributed by atoms with Gasteiger partial charge in [-0.25, -0.2) is 4.98 Å². The lowest BCUT2D eigenvalue weighted by molar-refractivity contribution is -0.124. The zero-order valence-corrected chi connectivity index (χ0v) is 15.2. The fourth-order valence-electron chi connectivity index (χ4n) is 3.57. The third-order valence-electron chi connectivity index (χ3n) is 5.00. The number of likely N-dealkylation sites (N-methyl/N-ethyl adjacent to an activating group) is 1. The predicted octanol–water partition coefficient (Wildman–Crippen LogP) is 2.47. The number of benzene rings is 1. The molecule has 3 heterocycles. The Bertz CT molecular complexity index is 897. The molecule has 2 N–H and O–H groups in total. The standard InChI is InChI=1S/C21H22N4O2/c1-25(13-17-11-15-4-2-3-5-18(15)23-17)20(27)9-6-14-10-16-7-8-19(26)24-21(16)22-12-14/h2-6,9-10,12,17,23H,7-8,11,13H2,1H3,(H,22,24,26)/b9-6+. The number of amides is 2. The fraction of sp³-hybridized carbons (Fsp3) is 0.286. The molecule has 0 saturated heterocycles. The van der Waals surface area contributed by atoms with Crippen molar-refractivity contribution in [3.05, 3.63) is 59.3 Å². The Balaban J connectivity index is 1.35. The van der Waals surface area contributed by atoms with E-state index in [-0.39, 0.29) is 17.9 Å². The van der Waals surface area contributed by atoms with E-state index in [9.17, 15) is 9.59 Å². The Kier molecular flexibility index (Phi) is 4.62. The summed E-state index contributed by atoms with van der Waals surface area (Å²) in [4.78, 5) is 29.8. The zero-order chi connectivity index (χ0) is 18.8. The highest BCUT2D eigenvalue weighted by Gasteiger charge is 2.22. The lowest BCUT2D eigenvalue weighted by atomic mass is 10.0. The van der Waals surface area contributed by atoms with Crippen LogP contribution in [0.4, 0.5) is 11.5 Å². The minimum absolute atomic E-state index is 0.00207. The third kappa shape index (κ3) is 3.84.